The molecular weight excluding hydrogens is 402 g/mol. The van der Waals surface area contributed by atoms with Crippen LogP contribution in [0.5, 0.6) is 0 Å². The van der Waals surface area contributed by atoms with Crippen LogP contribution in [0.4, 0.5) is 28.0 Å². The second kappa shape index (κ2) is 6.51. The van der Waals surface area contributed by atoms with Gasteiger partial charge in [0.05, 0.1) is 22.3 Å². The van der Waals surface area contributed by atoms with Gasteiger partial charge in [0, 0.05) is 18.3 Å². The number of aromatic nitrogens is 1. The number of urea groups is 1. The van der Waals surface area contributed by atoms with E-state index in [2.05, 4.69) is 10.3 Å². The van der Waals surface area contributed by atoms with Crippen LogP contribution < -0.4 is 10.9 Å². The molecule has 10 heteroatoms. The average molecular weight is 416 g/mol. The molecule has 4 rings (SSSR count). The first-order valence-corrected chi connectivity index (χ1v) is 8.90. The van der Waals surface area contributed by atoms with Gasteiger partial charge in [-0.05, 0) is 42.5 Å². The normalized spacial score (nSPS) is 20.8. The number of halogens is 5. The standard InChI is InChI=1S/C18H14ClF4N3O2/c19-12-6-14(13(20)5-11(12)18(21,22)23)25-17(28)26-9-1-2-15(26)10-7-24-16(27)4-8(10)3-9/h4-7,9,15H,1-3H2,(H,24,27)(H,25,28). The first-order chi connectivity index (χ1) is 13.1. The summed E-state index contributed by atoms with van der Waals surface area (Å²) in [5.74, 6) is -1.22. The average Bonchev–Trinajstić information content (AvgIpc) is 2.92. The lowest BCUT2D eigenvalue weighted by Gasteiger charge is -2.36. The molecule has 2 N–H and O–H groups in total. The van der Waals surface area contributed by atoms with Gasteiger partial charge >= 0.3 is 12.2 Å². The van der Waals surface area contributed by atoms with Gasteiger partial charge in [0.15, 0.2) is 0 Å². The van der Waals surface area contributed by atoms with Crippen molar-refractivity contribution in [3.05, 3.63) is 62.3 Å². The van der Waals surface area contributed by atoms with Crippen LogP contribution in [0.1, 0.15) is 35.6 Å². The summed E-state index contributed by atoms with van der Waals surface area (Å²) in [6.45, 7) is 0. The zero-order valence-electron chi connectivity index (χ0n) is 14.2. The zero-order valence-corrected chi connectivity index (χ0v) is 15.0. The number of alkyl halides is 3. The van der Waals surface area contributed by atoms with E-state index >= 15 is 0 Å². The van der Waals surface area contributed by atoms with Crippen molar-refractivity contribution in [1.82, 2.24) is 9.88 Å². The fourth-order valence-electron chi connectivity index (χ4n) is 4.00. The SMILES string of the molecule is O=C(Nc1cc(Cl)c(C(F)(F)F)cc1F)N1C2CCC1c1c[nH]c(=O)cc1C2. The van der Waals surface area contributed by atoms with Gasteiger partial charge in [-0.25, -0.2) is 9.18 Å². The Bertz CT molecular complexity index is 1020. The molecule has 0 radical (unpaired) electrons. The Morgan fingerprint density at radius 1 is 1.25 bits per heavy atom. The number of nitrogens with zero attached hydrogens (tertiary/aromatic N) is 1. The lowest BCUT2D eigenvalue weighted by molar-refractivity contribution is -0.137. The van der Waals surface area contributed by atoms with Gasteiger partial charge in [0.25, 0.3) is 0 Å². The summed E-state index contributed by atoms with van der Waals surface area (Å²) in [4.78, 5) is 28.4. The molecule has 0 saturated carbocycles. The van der Waals surface area contributed by atoms with Crippen molar-refractivity contribution in [2.75, 3.05) is 5.32 Å². The summed E-state index contributed by atoms with van der Waals surface area (Å²) >= 11 is 5.62. The van der Waals surface area contributed by atoms with Crippen molar-refractivity contribution in [2.24, 2.45) is 0 Å². The van der Waals surface area contributed by atoms with Gasteiger partial charge in [-0.15, -0.1) is 0 Å². The molecule has 1 aromatic carbocycles. The molecule has 2 aromatic rings. The predicted octanol–water partition coefficient (Wildman–Crippen LogP) is 4.48. The molecule has 148 valence electrons. The molecule has 5 nitrogen and oxygen atoms in total. The van der Waals surface area contributed by atoms with Gasteiger partial charge in [-0.3, -0.25) is 4.79 Å². The molecule has 3 heterocycles. The van der Waals surface area contributed by atoms with E-state index in [0.717, 1.165) is 17.2 Å². The molecular formula is C18H14ClF4N3O2. The second-order valence-corrected chi connectivity index (χ2v) is 7.28. The number of pyridine rings is 1. The highest BCUT2D eigenvalue weighted by Gasteiger charge is 2.43. The van der Waals surface area contributed by atoms with E-state index in [1.807, 2.05) is 0 Å². The third-order valence-electron chi connectivity index (χ3n) is 5.20. The van der Waals surface area contributed by atoms with Crippen molar-refractivity contribution in [3.8, 4) is 0 Å². The van der Waals surface area contributed by atoms with Gasteiger partial charge in [-0.2, -0.15) is 13.2 Å². The van der Waals surface area contributed by atoms with Crippen molar-refractivity contribution in [1.29, 1.82) is 0 Å². The van der Waals surface area contributed by atoms with Gasteiger partial charge in [0.2, 0.25) is 5.56 Å². The number of benzene rings is 1. The van der Waals surface area contributed by atoms with Crippen LogP contribution in [0.25, 0.3) is 0 Å². The second-order valence-electron chi connectivity index (χ2n) is 6.88. The van der Waals surface area contributed by atoms with Crippen molar-refractivity contribution in [3.63, 3.8) is 0 Å². The van der Waals surface area contributed by atoms with Crippen LogP contribution in [0.3, 0.4) is 0 Å². The molecule has 0 spiro atoms. The highest BCUT2D eigenvalue weighted by Crippen LogP contribution is 2.43. The summed E-state index contributed by atoms with van der Waals surface area (Å²) in [7, 11) is 0. The molecule has 2 aliphatic rings. The Morgan fingerprint density at radius 3 is 2.71 bits per heavy atom. The number of hydrogen-bond acceptors (Lipinski definition) is 2. The van der Waals surface area contributed by atoms with Crippen molar-refractivity contribution in [2.45, 2.75) is 37.5 Å². The third kappa shape index (κ3) is 3.13. The highest BCUT2D eigenvalue weighted by atomic mass is 35.5. The number of carbonyl (C=O) groups is 1. The van der Waals surface area contributed by atoms with E-state index in [4.69, 9.17) is 11.6 Å². The largest absolute Gasteiger partial charge is 0.417 e. The van der Waals surface area contributed by atoms with Crippen LogP contribution in [-0.4, -0.2) is 22.0 Å². The van der Waals surface area contributed by atoms with Crippen LogP contribution in [0, 0.1) is 5.82 Å². The molecule has 1 fully saturated rings. The van der Waals surface area contributed by atoms with Gasteiger partial charge < -0.3 is 15.2 Å². The van der Waals surface area contributed by atoms with Crippen LogP contribution in [0.15, 0.2) is 29.2 Å². The number of fused-ring (bicyclic) bond motifs is 4. The monoisotopic (exact) mass is 415 g/mol. The van der Waals surface area contributed by atoms with Gasteiger partial charge in [-0.1, -0.05) is 11.6 Å². The first-order valence-electron chi connectivity index (χ1n) is 8.52. The summed E-state index contributed by atoms with van der Waals surface area (Å²) in [6, 6.07) is 1.44. The summed E-state index contributed by atoms with van der Waals surface area (Å²) < 4.78 is 52.6. The smallest absolute Gasteiger partial charge is 0.329 e. The maximum Gasteiger partial charge on any atom is 0.417 e. The Labute approximate surface area is 161 Å². The predicted molar refractivity (Wildman–Crippen MR) is 93.8 cm³/mol. The number of carbonyl (C=O) groups excluding carboxylic acids is 1. The Hall–Kier alpha value is -2.55. The van der Waals surface area contributed by atoms with Gasteiger partial charge in [0.1, 0.15) is 5.82 Å². The molecule has 0 aliphatic carbocycles. The Kier molecular flexibility index (Phi) is 4.37. The Balaban J connectivity index is 1.61. The number of hydrogen-bond donors (Lipinski definition) is 2. The highest BCUT2D eigenvalue weighted by molar-refractivity contribution is 6.31. The number of H-pyrrole nitrogens is 1. The molecule has 2 unspecified atom stereocenters. The lowest BCUT2D eigenvalue weighted by atomic mass is 9.95. The number of nitrogens with one attached hydrogen (secondary N) is 2. The molecule has 2 aliphatic heterocycles. The number of aromatic amines is 1. The third-order valence-corrected chi connectivity index (χ3v) is 5.51. The lowest BCUT2D eigenvalue weighted by Crippen LogP contribution is -2.44. The fourth-order valence-corrected chi connectivity index (χ4v) is 4.27. The number of anilines is 1. The molecule has 2 atom stereocenters. The Morgan fingerprint density at radius 2 is 2.00 bits per heavy atom. The molecule has 28 heavy (non-hydrogen) atoms. The summed E-state index contributed by atoms with van der Waals surface area (Å²) in [6.07, 6.45) is -1.36. The minimum atomic E-state index is -4.80. The molecule has 1 saturated heterocycles. The maximum absolute atomic E-state index is 14.1. The van der Waals surface area contributed by atoms with E-state index in [0.29, 0.717) is 19.3 Å². The van der Waals surface area contributed by atoms with Crippen molar-refractivity contribution < 1.29 is 22.4 Å². The van der Waals surface area contributed by atoms with E-state index in [1.54, 1.807) is 11.1 Å². The maximum atomic E-state index is 14.1. The van der Waals surface area contributed by atoms with Crippen molar-refractivity contribution >= 4 is 23.3 Å². The topological polar surface area (TPSA) is 65.2 Å². The molecule has 1 aromatic heterocycles. The summed E-state index contributed by atoms with van der Waals surface area (Å²) in [5, 5.41) is 1.63. The summed E-state index contributed by atoms with van der Waals surface area (Å²) in [5.41, 5.74) is -0.272. The molecule has 2 amide bonds. The zero-order chi connectivity index (χ0) is 20.2. The fraction of sp³-hybridized carbons (Fsp3) is 0.333. The van der Waals surface area contributed by atoms with E-state index < -0.39 is 34.3 Å². The van der Waals surface area contributed by atoms with E-state index in [-0.39, 0.29) is 23.7 Å². The van der Waals surface area contributed by atoms with E-state index in [9.17, 15) is 27.2 Å². The van der Waals surface area contributed by atoms with Crippen LogP contribution >= 0.6 is 11.6 Å². The van der Waals surface area contributed by atoms with E-state index in [1.165, 1.54) is 6.07 Å². The minimum Gasteiger partial charge on any atom is -0.329 e. The first kappa shape index (κ1) is 18.8. The number of rotatable bonds is 1. The van der Waals surface area contributed by atoms with Crippen LogP contribution in [-0.2, 0) is 12.6 Å². The minimum absolute atomic E-state index is 0.174. The number of amides is 2. The molecule has 2 bridgehead atoms. The van der Waals surface area contributed by atoms with Crippen LogP contribution in [0.2, 0.25) is 5.02 Å². The quantitative estimate of drug-likeness (QED) is 0.674.